The highest BCUT2D eigenvalue weighted by molar-refractivity contribution is 6.35. The number of H-pyrrole nitrogens is 1. The number of hydrogen-bond donors (Lipinski definition) is 3. The lowest BCUT2D eigenvalue weighted by atomic mass is 9.89. The van der Waals surface area contributed by atoms with Crippen LogP contribution in [-0.4, -0.2) is 23.0 Å². The van der Waals surface area contributed by atoms with Gasteiger partial charge in [0.1, 0.15) is 0 Å². The minimum absolute atomic E-state index is 0.179. The first kappa shape index (κ1) is 21.0. The molecule has 4 aromatic rings. The third-order valence-electron chi connectivity index (χ3n) is 5.58. The predicted molar refractivity (Wildman–Crippen MR) is 130 cm³/mol. The molecule has 0 amide bonds. The lowest BCUT2D eigenvalue weighted by Gasteiger charge is -2.17. The van der Waals surface area contributed by atoms with Crippen molar-refractivity contribution in [2.75, 3.05) is 7.05 Å². The molecule has 32 heavy (non-hydrogen) atoms. The van der Waals surface area contributed by atoms with Gasteiger partial charge in [0.05, 0.1) is 23.4 Å². The number of aliphatic imine (C=N–C) groups is 1. The Morgan fingerprint density at radius 1 is 1.19 bits per heavy atom. The van der Waals surface area contributed by atoms with Gasteiger partial charge in [-0.15, -0.1) is 0 Å². The van der Waals surface area contributed by atoms with E-state index in [0.29, 0.717) is 33.4 Å². The molecule has 1 aromatic heterocycles. The summed E-state index contributed by atoms with van der Waals surface area (Å²) >= 11 is 0. The zero-order chi connectivity index (χ0) is 22.8. The van der Waals surface area contributed by atoms with Gasteiger partial charge >= 0.3 is 0 Å². The molecule has 1 heterocycles. The number of rotatable bonds is 4. The second-order valence-electron chi connectivity index (χ2n) is 7.37. The van der Waals surface area contributed by atoms with Gasteiger partial charge < -0.3 is 11.5 Å². The van der Waals surface area contributed by atoms with Crippen LogP contribution in [0.15, 0.2) is 64.5 Å². The number of fused-ring (bicyclic) bond motifs is 2. The molecule has 158 valence electrons. The molecule has 4 rings (SSSR count). The maximum absolute atomic E-state index is 12.2. The Bertz CT molecular complexity index is 1520. The number of nitrogens with two attached hydrogens (primary N) is 2. The summed E-state index contributed by atoms with van der Waals surface area (Å²) in [5.74, 6) is 0. The molecule has 0 unspecified atom stereocenters. The molecule has 5 N–H and O–H groups in total. The van der Waals surface area contributed by atoms with Crippen molar-refractivity contribution in [3.63, 3.8) is 0 Å². The average Bonchev–Trinajstić information content (AvgIpc) is 2.82. The Morgan fingerprint density at radius 2 is 1.97 bits per heavy atom. The van der Waals surface area contributed by atoms with E-state index in [-0.39, 0.29) is 12.1 Å². The van der Waals surface area contributed by atoms with Gasteiger partial charge in [-0.25, -0.2) is 9.94 Å². The van der Waals surface area contributed by atoms with Crippen LogP contribution in [0.5, 0.6) is 0 Å². The number of hydrogen-bond acceptors (Lipinski definition) is 5. The first-order chi connectivity index (χ1) is 15.5. The molecule has 3 aromatic carbocycles. The third-order valence-corrected chi connectivity index (χ3v) is 5.58. The quantitative estimate of drug-likeness (QED) is 0.343. The number of aryl methyl sites for hydroxylation is 1. The zero-order valence-electron chi connectivity index (χ0n) is 17.8. The summed E-state index contributed by atoms with van der Waals surface area (Å²) in [6.07, 6.45) is 1.48. The second kappa shape index (κ2) is 8.46. The van der Waals surface area contributed by atoms with Crippen LogP contribution < -0.4 is 17.0 Å². The van der Waals surface area contributed by atoms with E-state index in [4.69, 9.17) is 18.0 Å². The topological polar surface area (TPSA) is 115 Å². The molecular formula is C25H22N6O. The largest absolute Gasteiger partial charge is 0.404 e. The van der Waals surface area contributed by atoms with E-state index in [1.54, 1.807) is 13.1 Å². The van der Waals surface area contributed by atoms with Crippen LogP contribution in [0, 0.1) is 13.5 Å². The van der Waals surface area contributed by atoms with Crippen molar-refractivity contribution < 1.29 is 0 Å². The molecule has 0 spiro atoms. The standard InChI is InChI=1S/C25H22N6O/c1-14-10-15-6-4-5-7-17(15)23(28-2)22(14)24(29-3)20(12-26)16-8-9-18-19(11-16)21(13-27)30-31-25(18)32/h4-12H,13,26-27H2,1,3H3,(H,31,32)/b20-12-,29-24?. The minimum atomic E-state index is -0.285. The molecule has 7 heteroatoms. The molecule has 0 bridgehead atoms. The van der Waals surface area contributed by atoms with E-state index >= 15 is 0 Å². The zero-order valence-corrected chi connectivity index (χ0v) is 17.8. The molecule has 0 radical (unpaired) electrons. The normalized spacial score (nSPS) is 12.3. The van der Waals surface area contributed by atoms with Crippen LogP contribution in [0.1, 0.15) is 22.4 Å². The van der Waals surface area contributed by atoms with Crippen LogP contribution in [0.2, 0.25) is 0 Å². The van der Waals surface area contributed by atoms with Crippen LogP contribution in [0.3, 0.4) is 0 Å². The van der Waals surface area contributed by atoms with Gasteiger partial charge in [0.25, 0.3) is 5.56 Å². The van der Waals surface area contributed by atoms with Crippen LogP contribution in [0.25, 0.3) is 32.0 Å². The Hall–Kier alpha value is -4.28. The number of benzene rings is 3. The molecular weight excluding hydrogens is 400 g/mol. The van der Waals surface area contributed by atoms with E-state index in [2.05, 4.69) is 26.1 Å². The van der Waals surface area contributed by atoms with Gasteiger partial charge in [-0.05, 0) is 35.4 Å². The lowest BCUT2D eigenvalue weighted by Crippen LogP contribution is -2.14. The SMILES string of the molecule is [C-]#[N+]c1c(C(=NC)/C(=C\N)c2ccc3c(=O)[nH]nc(CN)c3c2)c(C)cc2ccccc12. The van der Waals surface area contributed by atoms with Crippen LogP contribution >= 0.6 is 0 Å². The number of aromatic amines is 1. The maximum atomic E-state index is 12.2. The molecule has 7 nitrogen and oxygen atoms in total. The summed E-state index contributed by atoms with van der Waals surface area (Å²) in [5, 5.41) is 9.56. The first-order valence-electron chi connectivity index (χ1n) is 10.0. The van der Waals surface area contributed by atoms with Crippen molar-refractivity contribution in [3.8, 4) is 0 Å². The van der Waals surface area contributed by atoms with E-state index in [0.717, 1.165) is 27.5 Å². The van der Waals surface area contributed by atoms with E-state index < -0.39 is 0 Å². The van der Waals surface area contributed by atoms with Crippen molar-refractivity contribution in [2.45, 2.75) is 13.5 Å². The highest BCUT2D eigenvalue weighted by Gasteiger charge is 2.20. The Kier molecular flexibility index (Phi) is 5.54. The Labute approximate surface area is 184 Å². The van der Waals surface area contributed by atoms with Crippen LogP contribution in [-0.2, 0) is 6.54 Å². The second-order valence-corrected chi connectivity index (χ2v) is 7.37. The van der Waals surface area contributed by atoms with E-state index in [1.165, 1.54) is 6.20 Å². The average molecular weight is 422 g/mol. The van der Waals surface area contributed by atoms with Crippen molar-refractivity contribution >= 4 is 38.5 Å². The van der Waals surface area contributed by atoms with Gasteiger partial charge in [-0.2, -0.15) is 5.10 Å². The molecule has 0 saturated carbocycles. The number of nitrogens with zero attached hydrogens (tertiary/aromatic N) is 3. The Morgan fingerprint density at radius 3 is 2.66 bits per heavy atom. The monoisotopic (exact) mass is 422 g/mol. The van der Waals surface area contributed by atoms with Gasteiger partial charge in [-0.1, -0.05) is 42.0 Å². The molecule has 0 aliphatic carbocycles. The third kappa shape index (κ3) is 3.33. The van der Waals surface area contributed by atoms with Crippen molar-refractivity contribution in [2.24, 2.45) is 16.5 Å². The summed E-state index contributed by atoms with van der Waals surface area (Å²) in [6.45, 7) is 10.0. The van der Waals surface area contributed by atoms with Gasteiger partial charge in [0.2, 0.25) is 5.69 Å². The van der Waals surface area contributed by atoms with Gasteiger partial charge in [0.15, 0.2) is 0 Å². The van der Waals surface area contributed by atoms with Crippen molar-refractivity contribution in [3.05, 3.63) is 98.9 Å². The summed E-state index contributed by atoms with van der Waals surface area (Å²) in [6, 6.07) is 15.2. The van der Waals surface area contributed by atoms with Crippen molar-refractivity contribution in [1.82, 2.24) is 10.2 Å². The smallest absolute Gasteiger partial charge is 0.272 e. The minimum Gasteiger partial charge on any atom is -0.404 e. The summed E-state index contributed by atoms with van der Waals surface area (Å²) in [4.78, 5) is 20.6. The highest BCUT2D eigenvalue weighted by atomic mass is 16.1. The number of allylic oxidation sites excluding steroid dienone is 1. The first-order valence-corrected chi connectivity index (χ1v) is 10.0. The van der Waals surface area contributed by atoms with Crippen LogP contribution in [0.4, 0.5) is 5.69 Å². The highest BCUT2D eigenvalue weighted by Crippen LogP contribution is 2.36. The van der Waals surface area contributed by atoms with Crippen molar-refractivity contribution in [1.29, 1.82) is 0 Å². The predicted octanol–water partition coefficient (Wildman–Crippen LogP) is 3.81. The summed E-state index contributed by atoms with van der Waals surface area (Å²) in [7, 11) is 1.68. The van der Waals surface area contributed by atoms with Gasteiger partial charge in [0, 0.05) is 36.3 Å². The van der Waals surface area contributed by atoms with E-state index in [1.807, 2.05) is 43.3 Å². The fourth-order valence-electron chi connectivity index (χ4n) is 4.10. The molecule has 0 atom stereocenters. The maximum Gasteiger partial charge on any atom is 0.272 e. The number of aromatic nitrogens is 2. The summed E-state index contributed by atoms with van der Waals surface area (Å²) < 4.78 is 0. The molecule has 0 aliphatic heterocycles. The number of nitrogens with one attached hydrogen (secondary N) is 1. The lowest BCUT2D eigenvalue weighted by molar-refractivity contribution is 0.900. The van der Waals surface area contributed by atoms with Gasteiger partial charge in [-0.3, -0.25) is 9.79 Å². The fraction of sp³-hybridized carbons (Fsp3) is 0.120. The fourth-order valence-corrected chi connectivity index (χ4v) is 4.10. The van der Waals surface area contributed by atoms with E-state index in [9.17, 15) is 4.79 Å². The molecule has 0 fully saturated rings. The molecule has 0 aliphatic rings. The Balaban J connectivity index is 1.97. The summed E-state index contributed by atoms with van der Waals surface area (Å²) in [5.41, 5.74) is 16.4. The molecule has 0 saturated heterocycles.